The summed E-state index contributed by atoms with van der Waals surface area (Å²) < 4.78 is 4.52. The summed E-state index contributed by atoms with van der Waals surface area (Å²) in [6, 6.07) is 0. The van der Waals surface area contributed by atoms with Crippen molar-refractivity contribution >= 4 is 0 Å². The zero-order valence-corrected chi connectivity index (χ0v) is 5.71. The zero-order chi connectivity index (χ0) is 8.65. The largest absolute Gasteiger partial charge is 0.393 e. The SMILES string of the molecule is N[C@]1(O)[C@@H](CO)OC(O)[C@@H]1O. The molecule has 0 spiro atoms. The van der Waals surface area contributed by atoms with Crippen molar-refractivity contribution in [2.24, 2.45) is 5.73 Å². The van der Waals surface area contributed by atoms with E-state index in [1.165, 1.54) is 0 Å². The van der Waals surface area contributed by atoms with E-state index in [0.29, 0.717) is 0 Å². The van der Waals surface area contributed by atoms with Gasteiger partial charge >= 0.3 is 0 Å². The van der Waals surface area contributed by atoms with E-state index in [2.05, 4.69) is 4.74 Å². The van der Waals surface area contributed by atoms with Crippen LogP contribution in [0.25, 0.3) is 0 Å². The molecule has 6 nitrogen and oxygen atoms in total. The molecule has 1 heterocycles. The minimum Gasteiger partial charge on any atom is -0.393 e. The molecule has 66 valence electrons. The third kappa shape index (κ3) is 1.24. The molecule has 0 aromatic carbocycles. The van der Waals surface area contributed by atoms with Crippen molar-refractivity contribution in [3.8, 4) is 0 Å². The molecule has 0 saturated carbocycles. The molecule has 0 aromatic heterocycles. The van der Waals surface area contributed by atoms with Crippen LogP contribution >= 0.6 is 0 Å². The van der Waals surface area contributed by atoms with Gasteiger partial charge in [-0.15, -0.1) is 0 Å². The predicted octanol–water partition coefficient (Wildman–Crippen LogP) is -3.30. The second-order valence-electron chi connectivity index (χ2n) is 2.53. The number of nitrogens with two attached hydrogens (primary N) is 1. The minimum absolute atomic E-state index is 0.554. The highest BCUT2D eigenvalue weighted by Gasteiger charge is 2.52. The van der Waals surface area contributed by atoms with Crippen LogP contribution in [0.15, 0.2) is 0 Å². The topological polar surface area (TPSA) is 116 Å². The first-order chi connectivity index (χ1) is 5.00. The Morgan fingerprint density at radius 2 is 2.00 bits per heavy atom. The van der Waals surface area contributed by atoms with Crippen molar-refractivity contribution in [3.05, 3.63) is 0 Å². The van der Waals surface area contributed by atoms with Crippen LogP contribution in [-0.2, 0) is 4.74 Å². The molecule has 0 radical (unpaired) electrons. The van der Waals surface area contributed by atoms with Crippen LogP contribution < -0.4 is 5.73 Å². The molecular weight excluding hydrogens is 154 g/mol. The maximum absolute atomic E-state index is 9.18. The number of hydrogen-bond donors (Lipinski definition) is 5. The molecular formula is C5H11NO5. The van der Waals surface area contributed by atoms with Crippen LogP contribution in [-0.4, -0.2) is 51.3 Å². The monoisotopic (exact) mass is 165 g/mol. The van der Waals surface area contributed by atoms with Gasteiger partial charge in [-0.1, -0.05) is 0 Å². The normalized spacial score (nSPS) is 51.5. The highest BCUT2D eigenvalue weighted by atomic mass is 16.7. The Bertz CT molecular complexity index is 150. The van der Waals surface area contributed by atoms with E-state index in [0.717, 1.165) is 0 Å². The van der Waals surface area contributed by atoms with Crippen molar-refractivity contribution < 1.29 is 25.2 Å². The summed E-state index contributed by atoms with van der Waals surface area (Å²) in [6.07, 6.45) is -4.27. The highest BCUT2D eigenvalue weighted by molar-refractivity contribution is 4.95. The Kier molecular flexibility index (Phi) is 2.15. The molecule has 0 aromatic rings. The van der Waals surface area contributed by atoms with E-state index >= 15 is 0 Å². The average molecular weight is 165 g/mol. The Labute approximate surface area is 62.8 Å². The first kappa shape index (κ1) is 8.85. The van der Waals surface area contributed by atoms with Crippen molar-refractivity contribution in [2.45, 2.75) is 24.2 Å². The molecule has 0 amide bonds. The number of ether oxygens (including phenoxy) is 1. The summed E-state index contributed by atoms with van der Waals surface area (Å²) in [5.41, 5.74) is 3.05. The van der Waals surface area contributed by atoms with Gasteiger partial charge in [-0.05, 0) is 0 Å². The minimum atomic E-state index is -2.08. The fraction of sp³-hybridized carbons (Fsp3) is 1.00. The Hall–Kier alpha value is -0.240. The second-order valence-corrected chi connectivity index (χ2v) is 2.53. The molecule has 1 saturated heterocycles. The third-order valence-corrected chi connectivity index (χ3v) is 1.73. The summed E-state index contributed by atoms with van der Waals surface area (Å²) in [4.78, 5) is 0. The Morgan fingerprint density at radius 3 is 2.18 bits per heavy atom. The Balaban J connectivity index is 2.74. The highest BCUT2D eigenvalue weighted by Crippen LogP contribution is 2.24. The number of rotatable bonds is 1. The van der Waals surface area contributed by atoms with E-state index in [1.807, 2.05) is 0 Å². The molecule has 6 N–H and O–H groups in total. The van der Waals surface area contributed by atoms with Gasteiger partial charge in [-0.3, -0.25) is 5.73 Å². The average Bonchev–Trinajstić information content (AvgIpc) is 2.13. The quantitative estimate of drug-likeness (QED) is 0.260. The first-order valence-corrected chi connectivity index (χ1v) is 3.14. The summed E-state index contributed by atoms with van der Waals surface area (Å²) in [5, 5.41) is 35.5. The van der Waals surface area contributed by atoms with Crippen LogP contribution in [0, 0.1) is 0 Å². The van der Waals surface area contributed by atoms with Gasteiger partial charge in [0.25, 0.3) is 0 Å². The molecule has 1 aliphatic heterocycles. The van der Waals surface area contributed by atoms with E-state index in [9.17, 15) is 5.11 Å². The van der Waals surface area contributed by atoms with Crippen LogP contribution in [0.3, 0.4) is 0 Å². The van der Waals surface area contributed by atoms with Crippen molar-refractivity contribution in [1.29, 1.82) is 0 Å². The van der Waals surface area contributed by atoms with Gasteiger partial charge in [-0.25, -0.2) is 0 Å². The van der Waals surface area contributed by atoms with Gasteiger partial charge in [0.15, 0.2) is 12.0 Å². The van der Waals surface area contributed by atoms with E-state index in [1.54, 1.807) is 0 Å². The molecule has 0 aliphatic carbocycles. The molecule has 1 rings (SSSR count). The lowest BCUT2D eigenvalue weighted by atomic mass is 10.1. The van der Waals surface area contributed by atoms with Crippen LogP contribution in [0.1, 0.15) is 0 Å². The molecule has 1 unspecified atom stereocenters. The number of hydrogen-bond acceptors (Lipinski definition) is 6. The van der Waals surface area contributed by atoms with Gasteiger partial charge in [0.05, 0.1) is 6.61 Å². The molecule has 11 heavy (non-hydrogen) atoms. The predicted molar refractivity (Wildman–Crippen MR) is 33.1 cm³/mol. The molecule has 6 heteroatoms. The molecule has 1 aliphatic rings. The summed E-state index contributed by atoms with van der Waals surface area (Å²) in [7, 11) is 0. The summed E-state index contributed by atoms with van der Waals surface area (Å²) in [6.45, 7) is -0.554. The molecule has 1 fully saturated rings. The second kappa shape index (κ2) is 2.67. The van der Waals surface area contributed by atoms with E-state index < -0.39 is 30.8 Å². The Morgan fingerprint density at radius 1 is 1.45 bits per heavy atom. The van der Waals surface area contributed by atoms with Gasteiger partial charge in [0.1, 0.15) is 12.2 Å². The number of aliphatic hydroxyl groups is 4. The molecule has 4 atom stereocenters. The first-order valence-electron chi connectivity index (χ1n) is 3.14. The summed E-state index contributed by atoms with van der Waals surface area (Å²) >= 11 is 0. The maximum atomic E-state index is 9.18. The zero-order valence-electron chi connectivity index (χ0n) is 5.71. The summed E-state index contributed by atoms with van der Waals surface area (Å²) in [5.74, 6) is 0. The van der Waals surface area contributed by atoms with Gasteiger partial charge < -0.3 is 25.2 Å². The van der Waals surface area contributed by atoms with Crippen LogP contribution in [0.4, 0.5) is 0 Å². The number of aliphatic hydroxyl groups excluding tert-OH is 3. The smallest absolute Gasteiger partial charge is 0.185 e. The lowest BCUT2D eigenvalue weighted by Crippen LogP contribution is -2.57. The fourth-order valence-electron chi connectivity index (χ4n) is 0.960. The van der Waals surface area contributed by atoms with Gasteiger partial charge in [0, 0.05) is 0 Å². The van der Waals surface area contributed by atoms with Gasteiger partial charge in [-0.2, -0.15) is 0 Å². The molecule has 0 bridgehead atoms. The van der Waals surface area contributed by atoms with E-state index in [-0.39, 0.29) is 0 Å². The van der Waals surface area contributed by atoms with Crippen molar-refractivity contribution in [3.63, 3.8) is 0 Å². The van der Waals surface area contributed by atoms with Crippen molar-refractivity contribution in [2.75, 3.05) is 6.61 Å². The van der Waals surface area contributed by atoms with Gasteiger partial charge in [0.2, 0.25) is 0 Å². The fourth-order valence-corrected chi connectivity index (χ4v) is 0.960. The van der Waals surface area contributed by atoms with Crippen LogP contribution in [0.5, 0.6) is 0 Å². The maximum Gasteiger partial charge on any atom is 0.185 e. The van der Waals surface area contributed by atoms with Crippen LogP contribution in [0.2, 0.25) is 0 Å². The third-order valence-electron chi connectivity index (χ3n) is 1.73. The standard InChI is InChI=1S/C5H11NO5/c6-5(10)2(1-7)11-4(9)3(5)8/h2-4,7-10H,1,6H2/t2-,3+,4?,5+/m1/s1. The van der Waals surface area contributed by atoms with E-state index in [4.69, 9.17) is 21.1 Å². The van der Waals surface area contributed by atoms with Crippen molar-refractivity contribution in [1.82, 2.24) is 0 Å². The lowest BCUT2D eigenvalue weighted by molar-refractivity contribution is -0.132. The lowest BCUT2D eigenvalue weighted by Gasteiger charge is -2.23.